The number of halogens is 6. The number of hydrogen-bond acceptors (Lipinski definition) is 4. The molecular formula is C33H39F6NO4S. The van der Waals surface area contributed by atoms with Crippen LogP contribution in [0.25, 0.3) is 11.1 Å². The van der Waals surface area contributed by atoms with Gasteiger partial charge in [0.25, 0.3) is 0 Å². The molecule has 0 aromatic heterocycles. The van der Waals surface area contributed by atoms with E-state index >= 15 is 0 Å². The van der Waals surface area contributed by atoms with Crippen molar-refractivity contribution in [3.8, 4) is 11.1 Å². The first-order valence-electron chi connectivity index (χ1n) is 14.8. The largest absolute Gasteiger partial charge is 0.466 e. The minimum atomic E-state index is -4.58. The lowest BCUT2D eigenvalue weighted by atomic mass is 9.83. The highest BCUT2D eigenvalue weighted by Crippen LogP contribution is 2.38. The highest BCUT2D eigenvalue weighted by atomic mass is 32.2. The lowest BCUT2D eigenvalue weighted by molar-refractivity contribution is -0.145. The Hall–Kier alpha value is -3.12. The normalized spacial score (nSPS) is 18.3. The molecule has 0 N–H and O–H groups in total. The van der Waals surface area contributed by atoms with Gasteiger partial charge in [-0.2, -0.15) is 30.6 Å². The van der Waals surface area contributed by atoms with Gasteiger partial charge >= 0.3 is 18.3 Å². The van der Waals surface area contributed by atoms with Crippen molar-refractivity contribution in [2.45, 2.75) is 78.1 Å². The van der Waals surface area contributed by atoms with E-state index in [0.717, 1.165) is 31.2 Å². The first-order chi connectivity index (χ1) is 20.8. The van der Waals surface area contributed by atoms with E-state index in [1.807, 2.05) is 19.9 Å². The molecule has 0 aliphatic carbocycles. The fourth-order valence-corrected chi connectivity index (χ4v) is 6.67. The van der Waals surface area contributed by atoms with Crippen molar-refractivity contribution in [1.82, 2.24) is 4.31 Å². The maximum Gasteiger partial charge on any atom is 0.416 e. The Morgan fingerprint density at radius 2 is 1.64 bits per heavy atom. The van der Waals surface area contributed by atoms with E-state index in [2.05, 4.69) is 0 Å². The summed E-state index contributed by atoms with van der Waals surface area (Å²) >= 11 is 0. The molecule has 248 valence electrons. The van der Waals surface area contributed by atoms with Crippen molar-refractivity contribution < 1.29 is 44.3 Å². The molecule has 45 heavy (non-hydrogen) atoms. The molecule has 0 radical (unpaired) electrons. The third-order valence-electron chi connectivity index (χ3n) is 7.82. The molecule has 1 fully saturated rings. The minimum absolute atomic E-state index is 0.0413. The van der Waals surface area contributed by atoms with Crippen LogP contribution in [0.15, 0.2) is 65.1 Å². The van der Waals surface area contributed by atoms with Crippen LogP contribution in [-0.4, -0.2) is 44.6 Å². The average molecular weight is 660 g/mol. The molecule has 0 amide bonds. The number of hydrogen-bond donors (Lipinski definition) is 0. The van der Waals surface area contributed by atoms with Crippen molar-refractivity contribution in [3.63, 3.8) is 0 Å². The third kappa shape index (κ3) is 9.45. The number of carbonyl (C=O) groups is 1. The highest BCUT2D eigenvalue weighted by molar-refractivity contribution is 7.93. The van der Waals surface area contributed by atoms with Gasteiger partial charge in [-0.1, -0.05) is 50.3 Å². The topological polar surface area (TPSA) is 63.7 Å². The Bertz CT molecular complexity index is 1510. The van der Waals surface area contributed by atoms with Gasteiger partial charge in [0, 0.05) is 18.7 Å². The van der Waals surface area contributed by atoms with Gasteiger partial charge in [0.2, 0.25) is 10.0 Å². The number of alkyl halides is 6. The first-order valence-corrected chi connectivity index (χ1v) is 16.2. The Labute approximate surface area is 261 Å². The van der Waals surface area contributed by atoms with Gasteiger partial charge in [-0.25, -0.2) is 8.42 Å². The van der Waals surface area contributed by atoms with Gasteiger partial charge < -0.3 is 4.74 Å². The van der Waals surface area contributed by atoms with Crippen LogP contribution in [0.1, 0.15) is 82.4 Å². The highest BCUT2D eigenvalue weighted by Gasteiger charge is 2.34. The SMILES string of the molecule is CCOC(=O)C(CC(C)C)c1cc(-c2ccc(C(F)(F)F)cc2)cc(C2CCCN(S(=O)(=O)/C(C)=C/C=C(\C)C(F)(F)F)C2)c1. The zero-order valence-corrected chi connectivity index (χ0v) is 26.7. The van der Waals surface area contributed by atoms with Crippen LogP contribution in [-0.2, 0) is 25.7 Å². The summed E-state index contributed by atoms with van der Waals surface area (Å²) in [6.45, 7) is 8.10. The molecule has 2 atom stereocenters. The van der Waals surface area contributed by atoms with E-state index in [9.17, 15) is 39.6 Å². The predicted molar refractivity (Wildman–Crippen MR) is 162 cm³/mol. The molecule has 2 aromatic rings. The monoisotopic (exact) mass is 659 g/mol. The van der Waals surface area contributed by atoms with Crippen molar-refractivity contribution in [3.05, 3.63) is 81.8 Å². The molecule has 0 saturated carbocycles. The summed E-state index contributed by atoms with van der Waals surface area (Å²) < 4.78 is 112. The van der Waals surface area contributed by atoms with E-state index in [4.69, 9.17) is 4.74 Å². The van der Waals surface area contributed by atoms with Gasteiger partial charge in [0.05, 0.1) is 23.0 Å². The number of nitrogens with zero attached hydrogens (tertiary/aromatic N) is 1. The fourth-order valence-electron chi connectivity index (χ4n) is 5.27. The van der Waals surface area contributed by atoms with Crippen LogP contribution in [0.5, 0.6) is 0 Å². The van der Waals surface area contributed by atoms with Gasteiger partial charge in [-0.15, -0.1) is 0 Å². The molecule has 0 spiro atoms. The molecule has 0 bridgehead atoms. The zero-order chi connectivity index (χ0) is 33.7. The van der Waals surface area contributed by atoms with E-state index < -0.39 is 45.4 Å². The molecule has 2 unspecified atom stereocenters. The van der Waals surface area contributed by atoms with Crippen LogP contribution in [0.3, 0.4) is 0 Å². The van der Waals surface area contributed by atoms with Crippen molar-refractivity contribution >= 4 is 16.0 Å². The number of benzene rings is 2. The zero-order valence-electron chi connectivity index (χ0n) is 25.9. The number of allylic oxidation sites excluding steroid dienone is 4. The minimum Gasteiger partial charge on any atom is -0.466 e. The predicted octanol–water partition coefficient (Wildman–Crippen LogP) is 8.99. The van der Waals surface area contributed by atoms with E-state index in [-0.39, 0.29) is 36.4 Å². The number of sulfonamides is 1. The number of rotatable bonds is 10. The van der Waals surface area contributed by atoms with Crippen LogP contribution in [0, 0.1) is 5.92 Å². The molecule has 3 rings (SSSR count). The Morgan fingerprint density at radius 3 is 2.20 bits per heavy atom. The quantitative estimate of drug-likeness (QED) is 0.145. The Kier molecular flexibility index (Phi) is 11.7. The number of carbonyl (C=O) groups excluding carboxylic acids is 1. The third-order valence-corrected chi connectivity index (χ3v) is 9.78. The standard InChI is InChI=1S/C33H39F6NO4S/c1-6-44-31(41)30(16-21(2)3)28-18-26(24-11-13-29(14-12-24)33(37,38)39)17-27(19-28)25-8-7-15-40(20-25)45(42,43)23(5)10-9-22(4)32(34,35)36/h9-14,17-19,21,25,30H,6-8,15-16,20H2,1-5H3/b22-9+,23-10+. The van der Waals surface area contributed by atoms with Gasteiger partial charge in [-0.05, 0) is 92.3 Å². The van der Waals surface area contributed by atoms with Crippen LogP contribution in [0.2, 0.25) is 0 Å². The average Bonchev–Trinajstić information content (AvgIpc) is 2.97. The molecule has 1 aliphatic rings. The maximum atomic E-state index is 13.4. The summed E-state index contributed by atoms with van der Waals surface area (Å²) in [6, 6.07) is 10.1. The Morgan fingerprint density at radius 1 is 1.00 bits per heavy atom. The van der Waals surface area contributed by atoms with Crippen molar-refractivity contribution in [2.24, 2.45) is 5.92 Å². The second-order valence-electron chi connectivity index (χ2n) is 11.7. The van der Waals surface area contributed by atoms with E-state index in [1.54, 1.807) is 19.1 Å². The smallest absolute Gasteiger partial charge is 0.416 e. The summed E-state index contributed by atoms with van der Waals surface area (Å²) in [6.07, 6.45) is -5.89. The molecule has 5 nitrogen and oxygen atoms in total. The Balaban J connectivity index is 2.07. The molecule has 1 aliphatic heterocycles. The number of piperidine rings is 1. The summed E-state index contributed by atoms with van der Waals surface area (Å²) in [4.78, 5) is 12.9. The number of ether oxygens (including phenoxy) is 1. The lowest BCUT2D eigenvalue weighted by Crippen LogP contribution is -2.39. The molecule has 1 heterocycles. The van der Waals surface area contributed by atoms with E-state index in [0.29, 0.717) is 41.5 Å². The summed E-state index contributed by atoms with van der Waals surface area (Å²) in [7, 11) is -4.09. The van der Waals surface area contributed by atoms with Crippen molar-refractivity contribution in [2.75, 3.05) is 19.7 Å². The molecule has 2 aromatic carbocycles. The van der Waals surface area contributed by atoms with E-state index in [1.165, 1.54) is 23.4 Å². The summed E-state index contributed by atoms with van der Waals surface area (Å²) in [5, 5.41) is 0. The van der Waals surface area contributed by atoms with Gasteiger partial charge in [0.1, 0.15) is 0 Å². The molecule has 12 heteroatoms. The van der Waals surface area contributed by atoms with Crippen LogP contribution < -0.4 is 0 Å². The van der Waals surface area contributed by atoms with Gasteiger partial charge in [-0.3, -0.25) is 4.79 Å². The van der Waals surface area contributed by atoms with Gasteiger partial charge in [0.15, 0.2) is 0 Å². The maximum absolute atomic E-state index is 13.4. The second-order valence-corrected chi connectivity index (χ2v) is 13.8. The van der Waals surface area contributed by atoms with Crippen LogP contribution >= 0.6 is 0 Å². The summed E-state index contributed by atoms with van der Waals surface area (Å²) in [5.74, 6) is -1.32. The number of esters is 1. The molecule has 1 saturated heterocycles. The fraction of sp³-hybridized carbons (Fsp3) is 0.485. The van der Waals surface area contributed by atoms with Crippen molar-refractivity contribution in [1.29, 1.82) is 0 Å². The van der Waals surface area contributed by atoms with Crippen LogP contribution in [0.4, 0.5) is 26.3 Å². The summed E-state index contributed by atoms with van der Waals surface area (Å²) in [5.41, 5.74) is 0.637. The second kappa shape index (κ2) is 14.5. The lowest BCUT2D eigenvalue weighted by Gasteiger charge is -2.33. The first kappa shape index (κ1) is 36.3. The molecular weight excluding hydrogens is 620 g/mol.